The van der Waals surface area contributed by atoms with Crippen LogP contribution in [0.1, 0.15) is 44.6 Å². The van der Waals surface area contributed by atoms with Gasteiger partial charge in [-0.05, 0) is 41.7 Å². The highest BCUT2D eigenvalue weighted by Crippen LogP contribution is 2.48. The molecule has 4 rings (SSSR count). The van der Waals surface area contributed by atoms with Crippen molar-refractivity contribution in [1.29, 1.82) is 0 Å². The molecule has 0 saturated heterocycles. The molecular formula is C23H22ClNO2. The number of ketones is 1. The van der Waals surface area contributed by atoms with Crippen LogP contribution in [0.15, 0.2) is 65.9 Å². The molecule has 0 unspecified atom stereocenters. The summed E-state index contributed by atoms with van der Waals surface area (Å²) in [5.74, 6) is -0.0200. The van der Waals surface area contributed by atoms with Crippen LogP contribution in [-0.2, 0) is 9.59 Å². The largest absolute Gasteiger partial charge is 0.294 e. The Morgan fingerprint density at radius 1 is 0.963 bits per heavy atom. The van der Waals surface area contributed by atoms with Gasteiger partial charge in [-0.15, -0.1) is 0 Å². The Balaban J connectivity index is 1.89. The molecule has 138 valence electrons. The first kappa shape index (κ1) is 18.0. The number of rotatable bonds is 2. The fraction of sp³-hybridized carbons (Fsp3) is 0.304. The fourth-order valence-electron chi connectivity index (χ4n) is 4.27. The third-order valence-corrected chi connectivity index (χ3v) is 5.68. The number of allylic oxidation sites excluding steroid dienone is 2. The van der Waals surface area contributed by atoms with Crippen LogP contribution in [-0.4, -0.2) is 11.7 Å². The standard InChI is InChI=1S/C23H22ClNO2/c1-23(2)13-19-22(20(26)14-23)18(15-8-10-16(24)11-9-15)12-21(27)25(19)17-6-4-3-5-7-17/h3-11,18H,12-14H2,1-2H3/t18-/m0/s1. The normalized spacial score (nSPS) is 22.0. The number of hydrogen-bond acceptors (Lipinski definition) is 2. The summed E-state index contributed by atoms with van der Waals surface area (Å²) in [5.41, 5.74) is 3.29. The molecule has 1 heterocycles. The minimum absolute atomic E-state index is 0.0328. The third kappa shape index (κ3) is 3.32. The number of halogens is 1. The van der Waals surface area contributed by atoms with Crippen molar-refractivity contribution in [3.63, 3.8) is 0 Å². The number of carbonyl (C=O) groups is 2. The average molecular weight is 380 g/mol. The molecule has 0 radical (unpaired) electrons. The zero-order valence-corrected chi connectivity index (χ0v) is 16.3. The summed E-state index contributed by atoms with van der Waals surface area (Å²) in [7, 11) is 0. The van der Waals surface area contributed by atoms with Crippen LogP contribution in [0.5, 0.6) is 0 Å². The van der Waals surface area contributed by atoms with Crippen molar-refractivity contribution in [2.45, 2.75) is 39.0 Å². The van der Waals surface area contributed by atoms with Gasteiger partial charge in [-0.1, -0.05) is 55.8 Å². The molecule has 1 amide bonds. The number of Topliss-reactive ketones (excluding diaryl/α,β-unsaturated/α-hetero) is 1. The minimum atomic E-state index is -0.201. The summed E-state index contributed by atoms with van der Waals surface area (Å²) in [6.45, 7) is 4.18. The molecule has 1 aliphatic carbocycles. The molecule has 0 bridgehead atoms. The van der Waals surface area contributed by atoms with Gasteiger partial charge in [-0.25, -0.2) is 0 Å². The Hall–Kier alpha value is -2.39. The molecule has 2 aromatic carbocycles. The van der Waals surface area contributed by atoms with E-state index in [1.807, 2.05) is 54.6 Å². The van der Waals surface area contributed by atoms with Gasteiger partial charge in [0, 0.05) is 40.7 Å². The lowest BCUT2D eigenvalue weighted by Crippen LogP contribution is -2.43. The Morgan fingerprint density at radius 3 is 2.30 bits per heavy atom. The van der Waals surface area contributed by atoms with E-state index in [-0.39, 0.29) is 23.0 Å². The predicted octanol–water partition coefficient (Wildman–Crippen LogP) is 5.50. The fourth-order valence-corrected chi connectivity index (χ4v) is 4.40. The van der Waals surface area contributed by atoms with E-state index in [1.165, 1.54) is 0 Å². The molecule has 0 saturated carbocycles. The molecule has 27 heavy (non-hydrogen) atoms. The van der Waals surface area contributed by atoms with Crippen molar-refractivity contribution in [3.8, 4) is 0 Å². The molecule has 0 aromatic heterocycles. The van der Waals surface area contributed by atoms with E-state index >= 15 is 0 Å². The van der Waals surface area contributed by atoms with Crippen LogP contribution < -0.4 is 4.90 Å². The molecule has 1 atom stereocenters. The molecule has 2 aromatic rings. The van der Waals surface area contributed by atoms with Gasteiger partial charge < -0.3 is 0 Å². The second kappa shape index (κ2) is 6.65. The summed E-state index contributed by atoms with van der Waals surface area (Å²) in [4.78, 5) is 28.1. The summed E-state index contributed by atoms with van der Waals surface area (Å²) in [6, 6.07) is 17.1. The lowest BCUT2D eigenvalue weighted by atomic mass is 9.69. The van der Waals surface area contributed by atoms with Crippen molar-refractivity contribution >= 4 is 29.0 Å². The Kier molecular flexibility index (Phi) is 4.43. The first-order valence-corrected chi connectivity index (χ1v) is 9.63. The zero-order chi connectivity index (χ0) is 19.2. The number of nitrogens with zero attached hydrogens (tertiary/aromatic N) is 1. The number of carbonyl (C=O) groups excluding carboxylic acids is 2. The van der Waals surface area contributed by atoms with Crippen molar-refractivity contribution < 1.29 is 9.59 Å². The Bertz CT molecular complexity index is 929. The molecule has 0 fully saturated rings. The summed E-state index contributed by atoms with van der Waals surface area (Å²) in [5, 5.41) is 0.650. The second-order valence-corrected chi connectivity index (χ2v) is 8.61. The van der Waals surface area contributed by atoms with Crippen LogP contribution in [0.2, 0.25) is 5.02 Å². The highest BCUT2D eigenvalue weighted by molar-refractivity contribution is 6.30. The number of hydrogen-bond donors (Lipinski definition) is 0. The number of amides is 1. The van der Waals surface area contributed by atoms with Crippen molar-refractivity contribution in [1.82, 2.24) is 0 Å². The topological polar surface area (TPSA) is 37.4 Å². The Labute approximate surface area is 164 Å². The Morgan fingerprint density at radius 2 is 1.63 bits per heavy atom. The number of para-hydroxylation sites is 1. The predicted molar refractivity (Wildman–Crippen MR) is 108 cm³/mol. The molecule has 3 nitrogen and oxygen atoms in total. The molecule has 4 heteroatoms. The van der Waals surface area contributed by atoms with E-state index in [4.69, 9.17) is 11.6 Å². The van der Waals surface area contributed by atoms with Gasteiger partial charge in [0.1, 0.15) is 0 Å². The minimum Gasteiger partial charge on any atom is -0.294 e. The maximum absolute atomic E-state index is 13.2. The molecule has 0 spiro atoms. The lowest BCUT2D eigenvalue weighted by Gasteiger charge is -2.43. The van der Waals surface area contributed by atoms with Crippen LogP contribution in [0.4, 0.5) is 5.69 Å². The quantitative estimate of drug-likeness (QED) is 0.690. The average Bonchev–Trinajstić information content (AvgIpc) is 2.61. The highest BCUT2D eigenvalue weighted by Gasteiger charge is 2.44. The lowest BCUT2D eigenvalue weighted by molar-refractivity contribution is -0.121. The smallest absolute Gasteiger partial charge is 0.232 e. The maximum atomic E-state index is 13.2. The van der Waals surface area contributed by atoms with Crippen LogP contribution >= 0.6 is 11.6 Å². The van der Waals surface area contributed by atoms with E-state index in [0.717, 1.165) is 22.5 Å². The van der Waals surface area contributed by atoms with Crippen molar-refractivity contribution in [2.24, 2.45) is 5.41 Å². The molecular weight excluding hydrogens is 358 g/mol. The van der Waals surface area contributed by atoms with Crippen molar-refractivity contribution in [3.05, 3.63) is 76.5 Å². The van der Waals surface area contributed by atoms with Crippen LogP contribution in [0.3, 0.4) is 0 Å². The van der Waals surface area contributed by atoms with Gasteiger partial charge in [0.05, 0.1) is 0 Å². The maximum Gasteiger partial charge on any atom is 0.232 e. The van der Waals surface area contributed by atoms with E-state index in [2.05, 4.69) is 13.8 Å². The summed E-state index contributed by atoms with van der Waals surface area (Å²) in [6.07, 6.45) is 1.51. The van der Waals surface area contributed by atoms with E-state index in [1.54, 1.807) is 4.90 Å². The SMILES string of the molecule is CC1(C)CC(=O)C2=C(C1)N(c1ccccc1)C(=O)C[C@H]2c1ccc(Cl)cc1. The number of benzene rings is 2. The van der Waals surface area contributed by atoms with Crippen LogP contribution in [0, 0.1) is 5.41 Å². The summed E-state index contributed by atoms with van der Waals surface area (Å²) >= 11 is 6.03. The monoisotopic (exact) mass is 379 g/mol. The summed E-state index contributed by atoms with van der Waals surface area (Å²) < 4.78 is 0. The van der Waals surface area contributed by atoms with Crippen molar-refractivity contribution in [2.75, 3.05) is 4.90 Å². The third-order valence-electron chi connectivity index (χ3n) is 5.43. The molecule has 0 N–H and O–H groups in total. The molecule has 1 aliphatic heterocycles. The van der Waals surface area contributed by atoms with Gasteiger partial charge in [0.2, 0.25) is 5.91 Å². The van der Waals surface area contributed by atoms with Gasteiger partial charge in [-0.3, -0.25) is 14.5 Å². The second-order valence-electron chi connectivity index (χ2n) is 8.17. The van der Waals surface area contributed by atoms with E-state index in [9.17, 15) is 9.59 Å². The van der Waals surface area contributed by atoms with Gasteiger partial charge in [-0.2, -0.15) is 0 Å². The van der Waals surface area contributed by atoms with E-state index < -0.39 is 0 Å². The van der Waals surface area contributed by atoms with Gasteiger partial charge in [0.25, 0.3) is 0 Å². The highest BCUT2D eigenvalue weighted by atomic mass is 35.5. The van der Waals surface area contributed by atoms with Gasteiger partial charge in [0.15, 0.2) is 5.78 Å². The molecule has 2 aliphatic rings. The first-order valence-electron chi connectivity index (χ1n) is 9.25. The van der Waals surface area contributed by atoms with E-state index in [0.29, 0.717) is 24.3 Å². The number of anilines is 1. The van der Waals surface area contributed by atoms with Gasteiger partial charge >= 0.3 is 0 Å². The van der Waals surface area contributed by atoms with Crippen LogP contribution in [0.25, 0.3) is 0 Å². The zero-order valence-electron chi connectivity index (χ0n) is 15.5. The first-order chi connectivity index (χ1) is 12.9.